The van der Waals surface area contributed by atoms with Crippen molar-refractivity contribution in [1.82, 2.24) is 0 Å². The summed E-state index contributed by atoms with van der Waals surface area (Å²) in [5.74, 6) is -3.33. The number of carboxylic acids is 3. The van der Waals surface area contributed by atoms with E-state index >= 15 is 0 Å². The molecule has 0 aliphatic carbocycles. The maximum atomic E-state index is 9.76. The molecule has 0 spiro atoms. The van der Waals surface area contributed by atoms with Gasteiger partial charge in [0.05, 0.1) is 0 Å². The van der Waals surface area contributed by atoms with Gasteiger partial charge in [-0.25, -0.2) is 9.59 Å². The molecular weight excluding hydrogens is 226 g/mol. The maximum absolute atomic E-state index is 9.76. The molecule has 0 aliphatic heterocycles. The fourth-order valence-electron chi connectivity index (χ4n) is 0.221. The minimum atomic E-state index is -1.26. The number of carbonyl (C=O) groups is 3. The van der Waals surface area contributed by atoms with Crippen molar-refractivity contribution in [1.29, 1.82) is 0 Å². The predicted octanol–water partition coefficient (Wildman–Crippen LogP) is -0.960. The molecule has 8 heteroatoms. The van der Waals surface area contributed by atoms with Crippen molar-refractivity contribution in [3.05, 3.63) is 12.2 Å². The van der Waals surface area contributed by atoms with Gasteiger partial charge in [-0.15, -0.1) is 0 Å². The molecule has 0 aromatic carbocycles. The van der Waals surface area contributed by atoms with Crippen LogP contribution < -0.4 is 5.73 Å². The molecule has 0 radical (unpaired) electrons. The standard InChI is InChI=1S/C4H4O4.C3H7NO2S/c5-3(6)1-2-4(7)8;4-2(1-7)3(5)6/h1-2H,(H,5,6)(H,7,8);2,7H,1,4H2,(H,5,6). The molecular formula is C7H11NO6S. The molecule has 0 rings (SSSR count). The van der Waals surface area contributed by atoms with E-state index in [4.69, 9.17) is 21.1 Å². The number of rotatable bonds is 4. The van der Waals surface area contributed by atoms with Crippen LogP contribution >= 0.6 is 12.6 Å². The Hall–Kier alpha value is -1.54. The van der Waals surface area contributed by atoms with Gasteiger partial charge in [0.15, 0.2) is 0 Å². The molecule has 1 unspecified atom stereocenters. The average Bonchev–Trinajstić information content (AvgIpc) is 2.14. The fourth-order valence-corrected chi connectivity index (χ4v) is 0.377. The number of thiol groups is 1. The molecule has 0 aromatic heterocycles. The fraction of sp³-hybridized carbons (Fsp3) is 0.286. The number of carboxylic acid groups (broad SMARTS) is 3. The second-order valence-corrected chi connectivity index (χ2v) is 2.50. The first-order valence-corrected chi connectivity index (χ1v) is 4.17. The van der Waals surface area contributed by atoms with Gasteiger partial charge in [0, 0.05) is 17.9 Å². The summed E-state index contributed by atoms with van der Waals surface area (Å²) in [5.41, 5.74) is 4.94. The van der Waals surface area contributed by atoms with E-state index in [2.05, 4.69) is 12.6 Å². The van der Waals surface area contributed by atoms with Gasteiger partial charge in [-0.05, 0) is 0 Å². The van der Waals surface area contributed by atoms with Gasteiger partial charge >= 0.3 is 17.9 Å². The molecule has 0 aromatic rings. The topological polar surface area (TPSA) is 138 Å². The van der Waals surface area contributed by atoms with Crippen molar-refractivity contribution >= 4 is 30.5 Å². The Bertz CT molecular complexity index is 248. The Labute approximate surface area is 90.6 Å². The zero-order chi connectivity index (χ0) is 12.4. The summed E-state index contributed by atoms with van der Waals surface area (Å²) in [7, 11) is 0. The lowest BCUT2D eigenvalue weighted by Crippen LogP contribution is -2.31. The highest BCUT2D eigenvalue weighted by atomic mass is 32.1. The normalized spacial score (nSPS) is 11.3. The third-order valence-electron chi connectivity index (χ3n) is 0.882. The van der Waals surface area contributed by atoms with Gasteiger partial charge in [0.2, 0.25) is 0 Å². The van der Waals surface area contributed by atoms with E-state index < -0.39 is 23.9 Å². The summed E-state index contributed by atoms with van der Waals surface area (Å²) in [4.78, 5) is 28.9. The lowest BCUT2D eigenvalue weighted by atomic mass is 10.4. The summed E-state index contributed by atoms with van der Waals surface area (Å²) in [6, 6.07) is -0.816. The molecule has 15 heavy (non-hydrogen) atoms. The van der Waals surface area contributed by atoms with E-state index in [-0.39, 0.29) is 5.75 Å². The summed E-state index contributed by atoms with van der Waals surface area (Å²) < 4.78 is 0. The molecule has 0 saturated carbocycles. The van der Waals surface area contributed by atoms with Crippen LogP contribution in [-0.4, -0.2) is 45.0 Å². The Kier molecular flexibility index (Phi) is 9.58. The second kappa shape index (κ2) is 9.03. The van der Waals surface area contributed by atoms with Crippen LogP contribution in [0, 0.1) is 0 Å². The second-order valence-electron chi connectivity index (χ2n) is 2.14. The molecule has 7 nitrogen and oxygen atoms in total. The van der Waals surface area contributed by atoms with Crippen molar-refractivity contribution < 1.29 is 29.7 Å². The first kappa shape index (κ1) is 15.9. The largest absolute Gasteiger partial charge is 0.480 e. The van der Waals surface area contributed by atoms with Crippen LogP contribution in [0.5, 0.6) is 0 Å². The molecule has 0 amide bonds. The summed E-state index contributed by atoms with van der Waals surface area (Å²) in [5, 5.41) is 23.6. The van der Waals surface area contributed by atoms with E-state index in [1.54, 1.807) is 0 Å². The monoisotopic (exact) mass is 237 g/mol. The maximum Gasteiger partial charge on any atom is 0.328 e. The Morgan fingerprint density at radius 2 is 1.47 bits per heavy atom. The van der Waals surface area contributed by atoms with Crippen LogP contribution in [0.15, 0.2) is 12.2 Å². The van der Waals surface area contributed by atoms with Gasteiger partial charge in [-0.1, -0.05) is 0 Å². The molecule has 0 fully saturated rings. The first-order chi connectivity index (χ1) is 6.81. The highest BCUT2D eigenvalue weighted by Gasteiger charge is 2.06. The quantitative estimate of drug-likeness (QED) is 0.313. The van der Waals surface area contributed by atoms with E-state index in [0.29, 0.717) is 12.2 Å². The minimum absolute atomic E-state index is 0.190. The Morgan fingerprint density at radius 3 is 1.53 bits per heavy atom. The van der Waals surface area contributed by atoms with Gasteiger partial charge in [0.25, 0.3) is 0 Å². The Morgan fingerprint density at radius 1 is 1.13 bits per heavy atom. The van der Waals surface area contributed by atoms with Gasteiger partial charge in [0.1, 0.15) is 6.04 Å². The van der Waals surface area contributed by atoms with Crippen LogP contribution in [0.25, 0.3) is 0 Å². The zero-order valence-corrected chi connectivity index (χ0v) is 8.42. The average molecular weight is 237 g/mol. The van der Waals surface area contributed by atoms with Gasteiger partial charge in [-0.2, -0.15) is 12.6 Å². The molecule has 0 aliphatic rings. The van der Waals surface area contributed by atoms with Crippen LogP contribution in [-0.2, 0) is 14.4 Å². The zero-order valence-electron chi connectivity index (χ0n) is 7.53. The highest BCUT2D eigenvalue weighted by Crippen LogP contribution is 1.80. The van der Waals surface area contributed by atoms with E-state index in [0.717, 1.165) is 0 Å². The van der Waals surface area contributed by atoms with Crippen molar-refractivity contribution in [3.63, 3.8) is 0 Å². The molecule has 0 bridgehead atoms. The van der Waals surface area contributed by atoms with Crippen LogP contribution in [0.3, 0.4) is 0 Å². The molecule has 0 saturated heterocycles. The molecule has 86 valence electrons. The lowest BCUT2D eigenvalue weighted by Gasteiger charge is -1.96. The number of nitrogens with two attached hydrogens (primary N) is 1. The predicted molar refractivity (Wildman–Crippen MR) is 53.9 cm³/mol. The third kappa shape index (κ3) is 15.2. The number of hydrogen-bond donors (Lipinski definition) is 5. The molecule has 0 heterocycles. The van der Waals surface area contributed by atoms with Crippen LogP contribution in [0.2, 0.25) is 0 Å². The SMILES string of the molecule is NC(CS)C(=O)O.O=C(O)C=CC(=O)O. The highest BCUT2D eigenvalue weighted by molar-refractivity contribution is 7.80. The Balaban J connectivity index is 0. The van der Waals surface area contributed by atoms with Crippen molar-refractivity contribution in [2.24, 2.45) is 5.73 Å². The van der Waals surface area contributed by atoms with Crippen molar-refractivity contribution in [2.45, 2.75) is 6.04 Å². The van der Waals surface area contributed by atoms with Gasteiger partial charge < -0.3 is 21.1 Å². The molecule has 5 N–H and O–H groups in total. The minimum Gasteiger partial charge on any atom is -0.480 e. The lowest BCUT2D eigenvalue weighted by molar-refractivity contribution is -0.138. The number of hydrogen-bond acceptors (Lipinski definition) is 5. The first-order valence-electron chi connectivity index (χ1n) is 3.54. The van der Waals surface area contributed by atoms with Crippen molar-refractivity contribution in [2.75, 3.05) is 5.75 Å². The van der Waals surface area contributed by atoms with Gasteiger partial charge in [-0.3, -0.25) is 4.79 Å². The summed E-state index contributed by atoms with van der Waals surface area (Å²) in [6.07, 6.45) is 1.12. The number of aliphatic carboxylic acids is 3. The van der Waals surface area contributed by atoms with Crippen LogP contribution in [0.1, 0.15) is 0 Å². The summed E-state index contributed by atoms with van der Waals surface area (Å²) in [6.45, 7) is 0. The van der Waals surface area contributed by atoms with E-state index in [1.165, 1.54) is 0 Å². The summed E-state index contributed by atoms with van der Waals surface area (Å²) >= 11 is 3.65. The molecule has 1 atom stereocenters. The van der Waals surface area contributed by atoms with Crippen molar-refractivity contribution in [3.8, 4) is 0 Å². The van der Waals surface area contributed by atoms with E-state index in [9.17, 15) is 14.4 Å². The third-order valence-corrected chi connectivity index (χ3v) is 1.28. The van der Waals surface area contributed by atoms with E-state index in [1.807, 2.05) is 0 Å². The smallest absolute Gasteiger partial charge is 0.328 e. The van der Waals surface area contributed by atoms with Crippen LogP contribution in [0.4, 0.5) is 0 Å².